The van der Waals surface area contributed by atoms with Crippen LogP contribution in [0.15, 0.2) is 36.5 Å². The average Bonchev–Trinajstić information content (AvgIpc) is 1.93. The van der Waals surface area contributed by atoms with Crippen LogP contribution < -0.4 is 24.8 Å². The van der Waals surface area contributed by atoms with E-state index in [2.05, 4.69) is 0 Å². The summed E-state index contributed by atoms with van der Waals surface area (Å²) in [7, 11) is 0. The van der Waals surface area contributed by atoms with Gasteiger partial charge in [-0.1, -0.05) is 13.8 Å². The van der Waals surface area contributed by atoms with Gasteiger partial charge in [-0.15, -0.1) is 0 Å². The number of rotatable bonds is 2. The van der Waals surface area contributed by atoms with Crippen molar-refractivity contribution in [1.82, 2.24) is 0 Å². The summed E-state index contributed by atoms with van der Waals surface area (Å²) in [5, 5.41) is 0. The number of allylic oxidation sites excluding steroid dienone is 6. The molecule has 0 bridgehead atoms. The van der Waals surface area contributed by atoms with Crippen molar-refractivity contribution in [2.24, 2.45) is 0 Å². The molecule has 0 unspecified atom stereocenters. The van der Waals surface area contributed by atoms with Gasteiger partial charge in [0.15, 0.2) is 0 Å². The van der Waals surface area contributed by atoms with Gasteiger partial charge in [0, 0.05) is 0 Å². The van der Waals surface area contributed by atoms with Gasteiger partial charge in [0.2, 0.25) is 0 Å². The Balaban J connectivity index is -0.0000000267. The predicted octanol–water partition coefficient (Wildman–Crippen LogP) is -2.89. The van der Waals surface area contributed by atoms with Gasteiger partial charge in [-0.3, -0.25) is 13.2 Å². The van der Waals surface area contributed by atoms with Gasteiger partial charge in [0.25, 0.3) is 0 Å². The van der Waals surface area contributed by atoms with E-state index in [1.165, 1.54) is 12.2 Å². The summed E-state index contributed by atoms with van der Waals surface area (Å²) < 4.78 is 0. The minimum atomic E-state index is 0. The molecule has 0 aromatic rings. The summed E-state index contributed by atoms with van der Waals surface area (Å²) in [4.78, 5) is 0. The smallest absolute Gasteiger partial charge is 1.00 e. The van der Waals surface area contributed by atoms with Gasteiger partial charge in [-0.25, -0.2) is 24.3 Å². The van der Waals surface area contributed by atoms with Crippen LogP contribution in [0.1, 0.15) is 13.8 Å². The maximum atomic E-state index is 4.93. The van der Waals surface area contributed by atoms with E-state index >= 15 is 0 Å². The van der Waals surface area contributed by atoms with Crippen molar-refractivity contribution in [2.75, 3.05) is 0 Å². The molecular formula is C10H14Cl2Ti. The van der Waals surface area contributed by atoms with E-state index in [1.807, 2.05) is 26.0 Å². The normalized spacial score (nSPS) is 6.92. The Morgan fingerprint density at radius 1 is 0.769 bits per heavy atom. The average molecular weight is 253 g/mol. The Bertz CT molecular complexity index is 113. The third-order valence-electron chi connectivity index (χ3n) is 0.607. The monoisotopic (exact) mass is 252 g/mol. The fraction of sp³-hybridized carbons (Fsp3) is 0.200. The van der Waals surface area contributed by atoms with Crippen LogP contribution >= 0.6 is 0 Å². The van der Waals surface area contributed by atoms with E-state index in [-0.39, 0.29) is 46.5 Å². The van der Waals surface area contributed by atoms with Crippen LogP contribution in [0.25, 0.3) is 0 Å². The van der Waals surface area contributed by atoms with Gasteiger partial charge >= 0.3 is 21.7 Å². The Kier molecular flexibility index (Phi) is 89.2. The Hall–Kier alpha value is 0.254. The van der Waals surface area contributed by atoms with E-state index in [0.29, 0.717) is 0 Å². The molecule has 3 heteroatoms. The Morgan fingerprint density at radius 2 is 1.00 bits per heavy atom. The van der Waals surface area contributed by atoms with Crippen molar-refractivity contribution in [3.63, 3.8) is 0 Å². The van der Waals surface area contributed by atoms with Crippen LogP contribution in [-0.2, 0) is 21.7 Å². The van der Waals surface area contributed by atoms with E-state index in [4.69, 9.17) is 13.2 Å². The number of hydrogen-bond donors (Lipinski definition) is 0. The molecule has 0 amide bonds. The van der Waals surface area contributed by atoms with Crippen LogP contribution in [0.4, 0.5) is 0 Å². The van der Waals surface area contributed by atoms with Crippen molar-refractivity contribution in [1.29, 1.82) is 0 Å². The second kappa shape index (κ2) is 39.7. The summed E-state index contributed by atoms with van der Waals surface area (Å²) in [6, 6.07) is 0. The maximum absolute atomic E-state index is 4.93. The minimum Gasteiger partial charge on any atom is -1.00 e. The van der Waals surface area contributed by atoms with Crippen LogP contribution in [0.3, 0.4) is 0 Å². The molecule has 0 aromatic heterocycles. The molecule has 0 heterocycles. The van der Waals surface area contributed by atoms with Gasteiger partial charge in [-0.05, 0) is 0 Å². The molecule has 0 nitrogen and oxygen atoms in total. The third-order valence-corrected chi connectivity index (χ3v) is 0.607. The zero-order chi connectivity index (χ0) is 8.24. The molecule has 0 aliphatic carbocycles. The first-order valence-corrected chi connectivity index (χ1v) is 3.15. The molecule has 0 rings (SSSR count). The molecule has 0 atom stereocenters. The first-order chi connectivity index (χ1) is 4.83. The van der Waals surface area contributed by atoms with E-state index in [0.717, 1.165) is 0 Å². The standard InChI is InChI=1S/2C5H7.2ClH.Ti/c2*1-3-5-4-2;;;/h2*1,3-5H,2H3;2*1H;/q2*-1;;;+4/p-2. The minimum absolute atomic E-state index is 0. The first-order valence-electron chi connectivity index (χ1n) is 3.15. The second-order valence-corrected chi connectivity index (χ2v) is 1.44. The van der Waals surface area contributed by atoms with Gasteiger partial charge in [0.05, 0.1) is 0 Å². The van der Waals surface area contributed by atoms with Crippen molar-refractivity contribution >= 4 is 0 Å². The maximum Gasteiger partial charge on any atom is 4.00 e. The fourth-order valence-electron chi connectivity index (χ4n) is 0.222. The molecule has 0 spiro atoms. The first kappa shape index (κ1) is 29.2. The van der Waals surface area contributed by atoms with E-state index in [1.54, 1.807) is 12.2 Å². The van der Waals surface area contributed by atoms with Crippen LogP contribution in [0, 0.1) is 13.2 Å². The quantitative estimate of drug-likeness (QED) is 0.281. The third kappa shape index (κ3) is 71.2. The van der Waals surface area contributed by atoms with Crippen molar-refractivity contribution in [3.8, 4) is 0 Å². The second-order valence-electron chi connectivity index (χ2n) is 1.44. The number of halogens is 2. The summed E-state index contributed by atoms with van der Waals surface area (Å²) in [5.41, 5.74) is 0. The largest absolute Gasteiger partial charge is 4.00 e. The Labute approximate surface area is 110 Å². The topological polar surface area (TPSA) is 0 Å². The fourth-order valence-corrected chi connectivity index (χ4v) is 0.222. The summed E-state index contributed by atoms with van der Waals surface area (Å²) >= 11 is 0. The summed E-state index contributed by atoms with van der Waals surface area (Å²) in [6.07, 6.45) is 10.3. The molecule has 0 radical (unpaired) electrons. The van der Waals surface area contributed by atoms with Crippen LogP contribution in [0.2, 0.25) is 0 Å². The molecule has 0 aromatic carbocycles. The van der Waals surface area contributed by atoms with Crippen LogP contribution in [-0.4, -0.2) is 0 Å². The van der Waals surface area contributed by atoms with Gasteiger partial charge in [-0.2, -0.15) is 12.2 Å². The van der Waals surface area contributed by atoms with Gasteiger partial charge < -0.3 is 24.8 Å². The van der Waals surface area contributed by atoms with Gasteiger partial charge in [0.1, 0.15) is 0 Å². The zero-order valence-electron chi connectivity index (χ0n) is 7.87. The van der Waals surface area contributed by atoms with Crippen molar-refractivity contribution in [2.45, 2.75) is 13.8 Å². The molecule has 0 fully saturated rings. The Morgan fingerprint density at radius 3 is 1.00 bits per heavy atom. The molecular weight excluding hydrogens is 239 g/mol. The van der Waals surface area contributed by atoms with E-state index < -0.39 is 0 Å². The SMILES string of the molecule is [CH-]=CC=CC.[CH-]=CC=CC.[Cl-].[Cl-].[Ti+4]. The van der Waals surface area contributed by atoms with Crippen molar-refractivity contribution < 1.29 is 46.5 Å². The molecule has 0 N–H and O–H groups in total. The molecule has 0 aliphatic heterocycles. The predicted molar refractivity (Wildman–Crippen MR) is 47.4 cm³/mol. The molecule has 0 saturated carbocycles. The summed E-state index contributed by atoms with van der Waals surface area (Å²) in [5.74, 6) is 0. The molecule has 0 aliphatic rings. The summed E-state index contributed by atoms with van der Waals surface area (Å²) in [6.45, 7) is 13.7. The van der Waals surface area contributed by atoms with E-state index in [9.17, 15) is 0 Å². The van der Waals surface area contributed by atoms with Crippen molar-refractivity contribution in [3.05, 3.63) is 49.6 Å². The molecule has 13 heavy (non-hydrogen) atoms. The molecule has 0 saturated heterocycles. The number of hydrogen-bond acceptors (Lipinski definition) is 0. The molecule has 72 valence electrons. The zero-order valence-corrected chi connectivity index (χ0v) is 10.9. The van der Waals surface area contributed by atoms with Crippen LogP contribution in [0.5, 0.6) is 0 Å².